The van der Waals surface area contributed by atoms with Crippen LogP contribution in [0.15, 0.2) is 22.7 Å². The molecule has 0 heterocycles. The lowest BCUT2D eigenvalue weighted by Crippen LogP contribution is -2.29. The van der Waals surface area contributed by atoms with Crippen LogP contribution in [0.2, 0.25) is 5.02 Å². The van der Waals surface area contributed by atoms with Gasteiger partial charge in [-0.05, 0) is 47.0 Å². The van der Waals surface area contributed by atoms with Crippen LogP contribution in [0.4, 0.5) is 10.5 Å². The van der Waals surface area contributed by atoms with Crippen molar-refractivity contribution >= 4 is 45.2 Å². The fourth-order valence-corrected chi connectivity index (χ4v) is 2.32. The first-order valence-electron chi connectivity index (χ1n) is 6.20. The predicted octanol–water partition coefficient (Wildman–Crippen LogP) is 3.87. The molecule has 0 aliphatic carbocycles. The Bertz CT molecular complexity index is 483. The lowest BCUT2D eigenvalue weighted by atomic mass is 10.2. The third-order valence-corrected chi connectivity index (χ3v) is 3.42. The van der Waals surface area contributed by atoms with Crippen molar-refractivity contribution in [3.63, 3.8) is 0 Å². The van der Waals surface area contributed by atoms with Gasteiger partial charge in [0, 0.05) is 22.5 Å². The molecule has 1 aromatic rings. The largest absolute Gasteiger partial charge is 0.481 e. The van der Waals surface area contributed by atoms with E-state index in [1.807, 2.05) is 0 Å². The zero-order chi connectivity index (χ0) is 15.0. The van der Waals surface area contributed by atoms with Gasteiger partial charge in [-0.1, -0.05) is 18.0 Å². The molecule has 0 aliphatic rings. The Labute approximate surface area is 130 Å². The Morgan fingerprint density at radius 1 is 1.25 bits per heavy atom. The molecule has 0 spiro atoms. The summed E-state index contributed by atoms with van der Waals surface area (Å²) >= 11 is 9.12. The van der Waals surface area contributed by atoms with E-state index in [2.05, 4.69) is 26.6 Å². The van der Waals surface area contributed by atoms with E-state index in [0.717, 1.165) is 12.8 Å². The number of halogens is 2. The number of rotatable bonds is 7. The monoisotopic (exact) mass is 362 g/mol. The predicted molar refractivity (Wildman–Crippen MR) is 82.3 cm³/mol. The molecule has 0 fully saturated rings. The molecule has 5 nitrogen and oxygen atoms in total. The Balaban J connectivity index is 2.22. The number of urea groups is 1. The van der Waals surface area contributed by atoms with Crippen molar-refractivity contribution in [2.24, 2.45) is 0 Å². The van der Waals surface area contributed by atoms with Gasteiger partial charge in [0.2, 0.25) is 0 Å². The molecule has 7 heteroatoms. The third kappa shape index (κ3) is 6.77. The molecular formula is C13H16BrClN2O3. The number of anilines is 1. The number of amides is 2. The normalized spacial score (nSPS) is 10.1. The molecule has 2 amide bonds. The van der Waals surface area contributed by atoms with Crippen LogP contribution in [-0.4, -0.2) is 23.7 Å². The second-order valence-corrected chi connectivity index (χ2v) is 5.50. The highest BCUT2D eigenvalue weighted by Gasteiger charge is 2.05. The fraction of sp³-hybridized carbons (Fsp3) is 0.385. The van der Waals surface area contributed by atoms with E-state index >= 15 is 0 Å². The maximum Gasteiger partial charge on any atom is 0.319 e. The zero-order valence-corrected chi connectivity index (χ0v) is 13.1. The summed E-state index contributed by atoms with van der Waals surface area (Å²) in [6, 6.07) is 4.79. The number of aliphatic carboxylic acids is 1. The molecule has 0 saturated heterocycles. The minimum atomic E-state index is -0.789. The van der Waals surface area contributed by atoms with Crippen LogP contribution in [0.3, 0.4) is 0 Å². The number of unbranched alkanes of at least 4 members (excludes halogenated alkanes) is 2. The van der Waals surface area contributed by atoms with Crippen LogP contribution in [0.5, 0.6) is 0 Å². The highest BCUT2D eigenvalue weighted by atomic mass is 79.9. The first-order valence-corrected chi connectivity index (χ1v) is 7.38. The zero-order valence-electron chi connectivity index (χ0n) is 10.8. The van der Waals surface area contributed by atoms with E-state index in [0.29, 0.717) is 28.1 Å². The molecule has 0 aliphatic heterocycles. The molecule has 3 N–H and O–H groups in total. The molecule has 1 aromatic carbocycles. The molecule has 0 saturated carbocycles. The van der Waals surface area contributed by atoms with Crippen molar-refractivity contribution in [2.45, 2.75) is 25.7 Å². The Kier molecular flexibility index (Phi) is 7.40. The van der Waals surface area contributed by atoms with E-state index in [-0.39, 0.29) is 12.5 Å². The molecule has 0 unspecified atom stereocenters. The maximum atomic E-state index is 11.6. The van der Waals surface area contributed by atoms with Crippen molar-refractivity contribution in [1.29, 1.82) is 0 Å². The van der Waals surface area contributed by atoms with Crippen LogP contribution >= 0.6 is 27.5 Å². The molecule has 0 bridgehead atoms. The van der Waals surface area contributed by atoms with Crippen LogP contribution < -0.4 is 10.6 Å². The van der Waals surface area contributed by atoms with Crippen molar-refractivity contribution < 1.29 is 14.7 Å². The van der Waals surface area contributed by atoms with E-state index in [1.54, 1.807) is 18.2 Å². The van der Waals surface area contributed by atoms with Crippen molar-refractivity contribution in [3.05, 3.63) is 27.7 Å². The Hall–Kier alpha value is -1.27. The first kappa shape index (κ1) is 16.8. The Morgan fingerprint density at radius 3 is 2.65 bits per heavy atom. The maximum absolute atomic E-state index is 11.6. The molecule has 1 rings (SSSR count). The summed E-state index contributed by atoms with van der Waals surface area (Å²) in [6.07, 6.45) is 2.32. The lowest BCUT2D eigenvalue weighted by molar-refractivity contribution is -0.137. The summed E-state index contributed by atoms with van der Waals surface area (Å²) in [5.41, 5.74) is 0.637. The second-order valence-electron chi connectivity index (χ2n) is 4.21. The average Bonchev–Trinajstić information content (AvgIpc) is 2.36. The SMILES string of the molecule is O=C(O)CCCCCNC(=O)Nc1ccc(Cl)cc1Br. The topological polar surface area (TPSA) is 78.4 Å². The van der Waals surface area contributed by atoms with Crippen LogP contribution in [-0.2, 0) is 4.79 Å². The van der Waals surface area contributed by atoms with Gasteiger partial charge in [-0.2, -0.15) is 0 Å². The minimum Gasteiger partial charge on any atom is -0.481 e. The second kappa shape index (κ2) is 8.81. The van der Waals surface area contributed by atoms with E-state index in [9.17, 15) is 9.59 Å². The van der Waals surface area contributed by atoms with Gasteiger partial charge in [0.05, 0.1) is 5.69 Å². The van der Waals surface area contributed by atoms with Gasteiger partial charge < -0.3 is 15.7 Å². The lowest BCUT2D eigenvalue weighted by Gasteiger charge is -2.09. The summed E-state index contributed by atoms with van der Waals surface area (Å²) in [5, 5.41) is 14.5. The van der Waals surface area contributed by atoms with Crippen molar-refractivity contribution in [2.75, 3.05) is 11.9 Å². The van der Waals surface area contributed by atoms with Crippen LogP contribution in [0, 0.1) is 0 Å². The van der Waals surface area contributed by atoms with Gasteiger partial charge in [0.1, 0.15) is 0 Å². The highest BCUT2D eigenvalue weighted by Crippen LogP contribution is 2.25. The number of benzene rings is 1. The summed E-state index contributed by atoms with van der Waals surface area (Å²) < 4.78 is 0.710. The van der Waals surface area contributed by atoms with Gasteiger partial charge in [-0.3, -0.25) is 4.79 Å². The number of nitrogens with one attached hydrogen (secondary N) is 2. The summed E-state index contributed by atoms with van der Waals surface area (Å²) in [6.45, 7) is 0.511. The standard InChI is InChI=1S/C13H16BrClN2O3/c14-10-8-9(15)5-6-11(10)17-13(20)16-7-3-1-2-4-12(18)19/h5-6,8H,1-4,7H2,(H,18,19)(H2,16,17,20). The van der Waals surface area contributed by atoms with Gasteiger partial charge in [0.15, 0.2) is 0 Å². The number of carbonyl (C=O) groups is 2. The molecule has 0 atom stereocenters. The van der Waals surface area contributed by atoms with Gasteiger partial charge in [-0.15, -0.1) is 0 Å². The van der Waals surface area contributed by atoms with Gasteiger partial charge >= 0.3 is 12.0 Å². The van der Waals surface area contributed by atoms with Gasteiger partial charge in [-0.25, -0.2) is 4.79 Å². The van der Waals surface area contributed by atoms with E-state index in [4.69, 9.17) is 16.7 Å². The highest BCUT2D eigenvalue weighted by molar-refractivity contribution is 9.10. The number of carbonyl (C=O) groups excluding carboxylic acids is 1. The quantitative estimate of drug-likeness (QED) is 0.643. The summed E-state index contributed by atoms with van der Waals surface area (Å²) in [4.78, 5) is 21.9. The minimum absolute atomic E-state index is 0.171. The van der Waals surface area contributed by atoms with E-state index in [1.165, 1.54) is 0 Å². The van der Waals surface area contributed by atoms with Crippen molar-refractivity contribution in [1.82, 2.24) is 5.32 Å². The summed E-state index contributed by atoms with van der Waals surface area (Å²) in [7, 11) is 0. The number of hydrogen-bond donors (Lipinski definition) is 3. The smallest absolute Gasteiger partial charge is 0.319 e. The van der Waals surface area contributed by atoms with Gasteiger partial charge in [0.25, 0.3) is 0 Å². The van der Waals surface area contributed by atoms with Crippen molar-refractivity contribution in [3.8, 4) is 0 Å². The molecule has 0 aromatic heterocycles. The fourth-order valence-electron chi connectivity index (χ4n) is 1.54. The number of hydrogen-bond acceptors (Lipinski definition) is 2. The molecule has 20 heavy (non-hydrogen) atoms. The first-order chi connectivity index (χ1) is 9.49. The molecule has 110 valence electrons. The third-order valence-electron chi connectivity index (χ3n) is 2.53. The van der Waals surface area contributed by atoms with Crippen LogP contribution in [0.25, 0.3) is 0 Å². The average molecular weight is 364 g/mol. The van der Waals surface area contributed by atoms with E-state index < -0.39 is 5.97 Å². The molecule has 0 radical (unpaired) electrons. The Morgan fingerprint density at radius 2 is 2.00 bits per heavy atom. The number of carboxylic acids is 1. The molecular weight excluding hydrogens is 348 g/mol. The van der Waals surface area contributed by atoms with Crippen LogP contribution in [0.1, 0.15) is 25.7 Å². The summed E-state index contributed by atoms with van der Waals surface area (Å²) in [5.74, 6) is -0.789. The number of carboxylic acid groups (broad SMARTS) is 1.